The zero-order chi connectivity index (χ0) is 14.3. The van der Waals surface area contributed by atoms with E-state index >= 15 is 0 Å². The third-order valence-electron chi connectivity index (χ3n) is 2.37. The maximum Gasteiger partial charge on any atom is 0.243 e. The van der Waals surface area contributed by atoms with Gasteiger partial charge in [-0.2, -0.15) is 0 Å². The van der Waals surface area contributed by atoms with Crippen molar-refractivity contribution in [3.63, 3.8) is 0 Å². The molecule has 0 aliphatic carbocycles. The summed E-state index contributed by atoms with van der Waals surface area (Å²) in [6.07, 6.45) is 1.75. The molecule has 0 rings (SSSR count). The van der Waals surface area contributed by atoms with Gasteiger partial charge in [-0.05, 0) is 12.3 Å². The standard InChI is InChI=1S/C12H21N3O3/c1-5-6-9(11(13)17)15-12(18)10(7(2)3)14-8(4)16/h5,7,9-10H,1,6H2,2-4H3,(H2,13,17)(H,14,16)(H,15,18)/t9-,10-/m1/s1. The number of carbonyl (C=O) groups excluding carboxylic acids is 3. The van der Waals surface area contributed by atoms with Gasteiger partial charge in [0.15, 0.2) is 0 Å². The first-order valence-electron chi connectivity index (χ1n) is 5.77. The van der Waals surface area contributed by atoms with E-state index in [0.29, 0.717) is 0 Å². The molecule has 0 aromatic carbocycles. The molecule has 18 heavy (non-hydrogen) atoms. The predicted octanol–water partition coefficient (Wildman–Crippen LogP) is -0.307. The first-order valence-corrected chi connectivity index (χ1v) is 5.77. The minimum atomic E-state index is -0.801. The Morgan fingerprint density at radius 1 is 1.28 bits per heavy atom. The van der Waals surface area contributed by atoms with Gasteiger partial charge in [-0.1, -0.05) is 19.9 Å². The average molecular weight is 255 g/mol. The monoisotopic (exact) mass is 255 g/mol. The molecule has 0 aromatic heterocycles. The highest BCUT2D eigenvalue weighted by Crippen LogP contribution is 2.03. The minimum absolute atomic E-state index is 0.0915. The van der Waals surface area contributed by atoms with Crippen LogP contribution in [0.4, 0.5) is 0 Å². The van der Waals surface area contributed by atoms with Gasteiger partial charge >= 0.3 is 0 Å². The molecule has 4 N–H and O–H groups in total. The quantitative estimate of drug-likeness (QED) is 0.544. The van der Waals surface area contributed by atoms with Crippen molar-refractivity contribution in [1.82, 2.24) is 10.6 Å². The summed E-state index contributed by atoms with van der Waals surface area (Å²) in [5, 5.41) is 5.04. The molecule has 6 heteroatoms. The maximum absolute atomic E-state index is 11.9. The lowest BCUT2D eigenvalue weighted by atomic mass is 10.0. The van der Waals surface area contributed by atoms with Crippen LogP contribution in [0.25, 0.3) is 0 Å². The SMILES string of the molecule is C=CC[C@@H](NC(=O)[C@H](NC(C)=O)C(C)C)C(N)=O. The number of nitrogens with two attached hydrogens (primary N) is 1. The topological polar surface area (TPSA) is 101 Å². The van der Waals surface area contributed by atoms with Crippen LogP contribution < -0.4 is 16.4 Å². The van der Waals surface area contributed by atoms with Gasteiger partial charge in [-0.25, -0.2) is 0 Å². The molecule has 0 fully saturated rings. The molecule has 0 aliphatic rings. The third-order valence-corrected chi connectivity index (χ3v) is 2.37. The Bertz CT molecular complexity index is 339. The van der Waals surface area contributed by atoms with Gasteiger partial charge < -0.3 is 16.4 Å². The normalized spacial score (nSPS) is 13.6. The first kappa shape index (κ1) is 16.1. The van der Waals surface area contributed by atoms with E-state index in [1.807, 2.05) is 0 Å². The van der Waals surface area contributed by atoms with E-state index in [4.69, 9.17) is 5.73 Å². The fraction of sp³-hybridized carbons (Fsp3) is 0.583. The second-order valence-electron chi connectivity index (χ2n) is 4.41. The molecule has 0 aliphatic heterocycles. The molecule has 0 aromatic rings. The second-order valence-corrected chi connectivity index (χ2v) is 4.41. The van der Waals surface area contributed by atoms with Crippen LogP contribution in [0.1, 0.15) is 27.2 Å². The molecule has 0 radical (unpaired) electrons. The summed E-state index contributed by atoms with van der Waals surface area (Å²) >= 11 is 0. The molecule has 0 saturated carbocycles. The highest BCUT2D eigenvalue weighted by Gasteiger charge is 2.26. The first-order chi connectivity index (χ1) is 8.29. The maximum atomic E-state index is 11.9. The molecule has 0 unspecified atom stereocenters. The fourth-order valence-electron chi connectivity index (χ4n) is 1.43. The Balaban J connectivity index is 4.71. The summed E-state index contributed by atoms with van der Waals surface area (Å²) in [4.78, 5) is 34.1. The van der Waals surface area contributed by atoms with E-state index in [-0.39, 0.29) is 18.2 Å². The van der Waals surface area contributed by atoms with Crippen molar-refractivity contribution in [1.29, 1.82) is 0 Å². The van der Waals surface area contributed by atoms with Crippen molar-refractivity contribution in [3.05, 3.63) is 12.7 Å². The van der Waals surface area contributed by atoms with Gasteiger partial charge in [-0.3, -0.25) is 14.4 Å². The third kappa shape index (κ3) is 5.47. The van der Waals surface area contributed by atoms with Crippen LogP contribution in [-0.4, -0.2) is 29.8 Å². The number of rotatable bonds is 7. The Labute approximate surface area is 107 Å². The zero-order valence-corrected chi connectivity index (χ0v) is 11.0. The molecule has 6 nitrogen and oxygen atoms in total. The van der Waals surface area contributed by atoms with Crippen molar-refractivity contribution in [2.45, 2.75) is 39.3 Å². The van der Waals surface area contributed by atoms with Gasteiger partial charge in [0.05, 0.1) is 0 Å². The highest BCUT2D eigenvalue weighted by molar-refractivity contribution is 5.91. The summed E-state index contributed by atoms with van der Waals surface area (Å²) in [6.45, 7) is 8.42. The van der Waals surface area contributed by atoms with E-state index in [1.54, 1.807) is 13.8 Å². The molecule has 0 bridgehead atoms. The van der Waals surface area contributed by atoms with Crippen LogP contribution >= 0.6 is 0 Å². The Morgan fingerprint density at radius 2 is 1.83 bits per heavy atom. The van der Waals surface area contributed by atoms with Crippen molar-refractivity contribution < 1.29 is 14.4 Å². The van der Waals surface area contributed by atoms with Gasteiger partial charge in [0.2, 0.25) is 17.7 Å². The number of amides is 3. The van der Waals surface area contributed by atoms with Crippen LogP contribution in [0.15, 0.2) is 12.7 Å². The summed E-state index contributed by atoms with van der Waals surface area (Å²) < 4.78 is 0. The Morgan fingerprint density at radius 3 is 2.17 bits per heavy atom. The fourth-order valence-corrected chi connectivity index (χ4v) is 1.43. The summed E-state index contributed by atoms with van der Waals surface area (Å²) in [7, 11) is 0. The minimum Gasteiger partial charge on any atom is -0.368 e. The molecular weight excluding hydrogens is 234 g/mol. The van der Waals surface area contributed by atoms with Crippen molar-refractivity contribution in [2.24, 2.45) is 11.7 Å². The van der Waals surface area contributed by atoms with E-state index in [9.17, 15) is 14.4 Å². The molecule has 102 valence electrons. The zero-order valence-electron chi connectivity index (χ0n) is 11.0. The largest absolute Gasteiger partial charge is 0.368 e. The molecular formula is C12H21N3O3. The second kappa shape index (κ2) is 7.47. The van der Waals surface area contributed by atoms with Gasteiger partial charge in [0, 0.05) is 6.92 Å². The Kier molecular flexibility index (Phi) is 6.70. The summed E-state index contributed by atoms with van der Waals surface area (Å²) in [6, 6.07) is -1.49. The van der Waals surface area contributed by atoms with E-state index in [2.05, 4.69) is 17.2 Å². The highest BCUT2D eigenvalue weighted by atomic mass is 16.2. The van der Waals surface area contributed by atoms with Crippen molar-refractivity contribution >= 4 is 17.7 Å². The number of nitrogens with one attached hydrogen (secondary N) is 2. The smallest absolute Gasteiger partial charge is 0.243 e. The lowest BCUT2D eigenvalue weighted by Crippen LogP contribution is -2.54. The number of hydrogen-bond acceptors (Lipinski definition) is 3. The van der Waals surface area contributed by atoms with Crippen LogP contribution in [0.3, 0.4) is 0 Å². The van der Waals surface area contributed by atoms with Crippen LogP contribution in [0.2, 0.25) is 0 Å². The molecule has 2 atom stereocenters. The predicted molar refractivity (Wildman–Crippen MR) is 68.4 cm³/mol. The molecule has 0 spiro atoms. The van der Waals surface area contributed by atoms with Crippen molar-refractivity contribution in [3.8, 4) is 0 Å². The lowest BCUT2D eigenvalue weighted by molar-refractivity contribution is -0.131. The van der Waals surface area contributed by atoms with Crippen LogP contribution in [-0.2, 0) is 14.4 Å². The molecule has 0 heterocycles. The summed E-state index contributed by atoms with van der Waals surface area (Å²) in [5.74, 6) is -1.45. The number of primary amides is 1. The van der Waals surface area contributed by atoms with Gasteiger partial charge in [-0.15, -0.1) is 6.58 Å². The average Bonchev–Trinajstić information content (AvgIpc) is 2.24. The number of hydrogen-bond donors (Lipinski definition) is 3. The van der Waals surface area contributed by atoms with Crippen molar-refractivity contribution in [2.75, 3.05) is 0 Å². The van der Waals surface area contributed by atoms with Gasteiger partial charge in [0.25, 0.3) is 0 Å². The van der Waals surface area contributed by atoms with E-state index < -0.39 is 23.9 Å². The van der Waals surface area contributed by atoms with Crippen LogP contribution in [0, 0.1) is 5.92 Å². The summed E-state index contributed by atoms with van der Waals surface area (Å²) in [5.41, 5.74) is 5.16. The van der Waals surface area contributed by atoms with E-state index in [1.165, 1.54) is 13.0 Å². The lowest BCUT2D eigenvalue weighted by Gasteiger charge is -2.23. The van der Waals surface area contributed by atoms with Gasteiger partial charge in [0.1, 0.15) is 12.1 Å². The Hall–Kier alpha value is -1.85. The number of carbonyl (C=O) groups is 3. The molecule has 3 amide bonds. The van der Waals surface area contributed by atoms with E-state index in [0.717, 1.165) is 0 Å². The molecule has 0 saturated heterocycles. The van der Waals surface area contributed by atoms with Crippen LogP contribution in [0.5, 0.6) is 0 Å².